The summed E-state index contributed by atoms with van der Waals surface area (Å²) in [7, 11) is 0. The molecule has 3 N–H and O–H groups in total. The van der Waals surface area contributed by atoms with Gasteiger partial charge in [-0.2, -0.15) is 0 Å². The first-order valence-corrected chi connectivity index (χ1v) is 8.18. The fraction of sp³-hybridized carbons (Fsp3) is 0.316. The van der Waals surface area contributed by atoms with Crippen molar-refractivity contribution in [3.05, 3.63) is 74.8 Å². The Bertz CT molecular complexity index is 776. The third-order valence-corrected chi connectivity index (χ3v) is 4.18. The van der Waals surface area contributed by atoms with E-state index in [-0.39, 0.29) is 36.6 Å². The van der Waals surface area contributed by atoms with Crippen LogP contribution in [-0.2, 0) is 0 Å². The molecule has 0 aromatic heterocycles. The smallest absolute Gasteiger partial charge is 0.269 e. The van der Waals surface area contributed by atoms with Gasteiger partial charge in [-0.25, -0.2) is 0 Å². The predicted octanol–water partition coefficient (Wildman–Crippen LogP) is 3.88. The Morgan fingerprint density at radius 1 is 1.15 bits per heavy atom. The minimum absolute atomic E-state index is 0. The number of hydrogen-bond acceptors (Lipinski definition) is 4. The van der Waals surface area contributed by atoms with Gasteiger partial charge in [-0.3, -0.25) is 14.9 Å². The van der Waals surface area contributed by atoms with Crippen LogP contribution >= 0.6 is 12.4 Å². The van der Waals surface area contributed by atoms with Gasteiger partial charge in [0.15, 0.2) is 0 Å². The molecule has 1 amide bonds. The van der Waals surface area contributed by atoms with Crippen LogP contribution in [0.1, 0.15) is 52.9 Å². The number of rotatable bonds is 6. The fourth-order valence-electron chi connectivity index (χ4n) is 2.56. The van der Waals surface area contributed by atoms with E-state index in [9.17, 15) is 14.9 Å². The summed E-state index contributed by atoms with van der Waals surface area (Å²) in [6.07, 6.45) is 0. The van der Waals surface area contributed by atoms with E-state index in [2.05, 4.69) is 19.2 Å². The van der Waals surface area contributed by atoms with E-state index < -0.39 is 4.92 Å². The summed E-state index contributed by atoms with van der Waals surface area (Å²) in [6.45, 7) is 6.21. The van der Waals surface area contributed by atoms with E-state index in [1.807, 2.05) is 24.3 Å². The number of nitro benzene ring substituents is 1. The third kappa shape index (κ3) is 5.28. The highest BCUT2D eigenvalue weighted by molar-refractivity contribution is 5.95. The predicted molar refractivity (Wildman–Crippen MR) is 105 cm³/mol. The maximum atomic E-state index is 12.3. The molecular formula is C19H24ClN3O3. The Balaban J connectivity index is 0.00000338. The number of benzene rings is 2. The molecule has 0 spiro atoms. The van der Waals surface area contributed by atoms with Gasteiger partial charge in [-0.15, -0.1) is 12.4 Å². The maximum Gasteiger partial charge on any atom is 0.269 e. The lowest BCUT2D eigenvalue weighted by atomic mass is 9.99. The van der Waals surface area contributed by atoms with E-state index >= 15 is 0 Å². The molecule has 0 aliphatic heterocycles. The first kappa shape index (κ1) is 21.6. The van der Waals surface area contributed by atoms with Gasteiger partial charge in [0.05, 0.1) is 4.92 Å². The van der Waals surface area contributed by atoms with Crippen molar-refractivity contribution in [2.45, 2.75) is 32.7 Å². The summed E-state index contributed by atoms with van der Waals surface area (Å²) < 4.78 is 0. The van der Waals surface area contributed by atoms with Gasteiger partial charge >= 0.3 is 0 Å². The van der Waals surface area contributed by atoms with Crippen molar-refractivity contribution in [1.29, 1.82) is 0 Å². The largest absolute Gasteiger partial charge is 0.350 e. The molecule has 2 aromatic carbocycles. The average molecular weight is 378 g/mol. The summed E-state index contributed by atoms with van der Waals surface area (Å²) in [6, 6.07) is 11.9. The van der Waals surface area contributed by atoms with Gasteiger partial charge in [-0.1, -0.05) is 38.1 Å². The van der Waals surface area contributed by atoms with Gasteiger partial charge in [0.2, 0.25) is 0 Å². The number of carbonyl (C=O) groups is 1. The second kappa shape index (κ2) is 9.31. The van der Waals surface area contributed by atoms with Crippen molar-refractivity contribution in [2.24, 2.45) is 5.73 Å². The van der Waals surface area contributed by atoms with E-state index in [0.717, 1.165) is 5.56 Å². The Morgan fingerprint density at radius 3 is 2.23 bits per heavy atom. The summed E-state index contributed by atoms with van der Waals surface area (Å²) in [5, 5.41) is 13.6. The third-order valence-electron chi connectivity index (χ3n) is 4.18. The van der Waals surface area contributed by atoms with Crippen molar-refractivity contribution in [1.82, 2.24) is 5.32 Å². The monoisotopic (exact) mass is 377 g/mol. The second-order valence-corrected chi connectivity index (χ2v) is 6.39. The van der Waals surface area contributed by atoms with Crippen LogP contribution in [-0.4, -0.2) is 17.4 Å². The highest BCUT2D eigenvalue weighted by atomic mass is 35.5. The Kier molecular flexibility index (Phi) is 7.74. The van der Waals surface area contributed by atoms with E-state index in [0.29, 0.717) is 17.0 Å². The Morgan fingerprint density at radius 2 is 1.73 bits per heavy atom. The number of nitrogens with zero attached hydrogens (tertiary/aromatic N) is 1. The topological polar surface area (TPSA) is 98.3 Å². The Labute approximate surface area is 159 Å². The minimum Gasteiger partial charge on any atom is -0.350 e. The van der Waals surface area contributed by atoms with Crippen LogP contribution in [0.2, 0.25) is 0 Å². The Hall–Kier alpha value is -2.44. The van der Waals surface area contributed by atoms with E-state index in [1.54, 1.807) is 6.92 Å². The van der Waals surface area contributed by atoms with Gasteiger partial charge in [0.1, 0.15) is 0 Å². The molecule has 26 heavy (non-hydrogen) atoms. The van der Waals surface area contributed by atoms with Crippen LogP contribution in [0.3, 0.4) is 0 Å². The molecule has 0 bridgehead atoms. The number of hydrogen-bond donors (Lipinski definition) is 2. The molecule has 0 saturated carbocycles. The standard InChI is InChI=1S/C19H23N3O3.ClH/c1-12(2)14-4-6-15(7-5-14)18(20)11-21-19(23)17-9-8-16(22(24)25)10-13(17)3;/h4-10,12,18H,11,20H2,1-3H3,(H,21,23);1H. The fourth-order valence-corrected chi connectivity index (χ4v) is 2.56. The average Bonchev–Trinajstić information content (AvgIpc) is 2.59. The summed E-state index contributed by atoms with van der Waals surface area (Å²) in [5.74, 6) is 0.164. The zero-order chi connectivity index (χ0) is 18.6. The quantitative estimate of drug-likeness (QED) is 0.589. The summed E-state index contributed by atoms with van der Waals surface area (Å²) in [5.41, 5.74) is 9.27. The van der Waals surface area contributed by atoms with Crippen LogP contribution < -0.4 is 11.1 Å². The lowest BCUT2D eigenvalue weighted by Gasteiger charge is -2.15. The van der Waals surface area contributed by atoms with Crippen LogP contribution in [0.4, 0.5) is 5.69 Å². The number of aryl methyl sites for hydroxylation is 1. The van der Waals surface area contributed by atoms with Crippen molar-refractivity contribution in [3.8, 4) is 0 Å². The molecule has 0 saturated heterocycles. The van der Waals surface area contributed by atoms with E-state index in [1.165, 1.54) is 23.8 Å². The van der Waals surface area contributed by atoms with Crippen LogP contribution in [0.15, 0.2) is 42.5 Å². The zero-order valence-electron chi connectivity index (χ0n) is 15.1. The number of carbonyl (C=O) groups excluding carboxylic acids is 1. The second-order valence-electron chi connectivity index (χ2n) is 6.39. The van der Waals surface area contributed by atoms with Crippen molar-refractivity contribution in [2.75, 3.05) is 6.54 Å². The molecule has 1 atom stereocenters. The number of non-ortho nitro benzene ring substituents is 1. The molecular weight excluding hydrogens is 354 g/mol. The van der Waals surface area contributed by atoms with Crippen molar-refractivity contribution >= 4 is 24.0 Å². The zero-order valence-corrected chi connectivity index (χ0v) is 15.9. The van der Waals surface area contributed by atoms with Gasteiger partial charge < -0.3 is 11.1 Å². The molecule has 6 nitrogen and oxygen atoms in total. The molecule has 0 fully saturated rings. The number of nitrogens with two attached hydrogens (primary N) is 1. The summed E-state index contributed by atoms with van der Waals surface area (Å²) in [4.78, 5) is 22.6. The first-order chi connectivity index (χ1) is 11.8. The number of nitrogens with one attached hydrogen (secondary N) is 1. The maximum absolute atomic E-state index is 12.3. The molecule has 0 aliphatic rings. The lowest BCUT2D eigenvalue weighted by molar-refractivity contribution is -0.384. The number of halogens is 1. The molecule has 0 heterocycles. The summed E-state index contributed by atoms with van der Waals surface area (Å²) >= 11 is 0. The van der Waals surface area contributed by atoms with Gasteiger partial charge in [-0.05, 0) is 35.6 Å². The molecule has 2 aromatic rings. The molecule has 2 rings (SSSR count). The SMILES string of the molecule is Cc1cc([N+](=O)[O-])ccc1C(=O)NCC(N)c1ccc(C(C)C)cc1.Cl. The highest BCUT2D eigenvalue weighted by Crippen LogP contribution is 2.19. The molecule has 1 unspecified atom stereocenters. The minimum atomic E-state index is -0.481. The molecule has 0 radical (unpaired) electrons. The van der Waals surface area contributed by atoms with Crippen molar-refractivity contribution < 1.29 is 9.72 Å². The first-order valence-electron chi connectivity index (χ1n) is 8.18. The molecule has 140 valence electrons. The molecule has 7 heteroatoms. The van der Waals surface area contributed by atoms with E-state index in [4.69, 9.17) is 5.73 Å². The van der Waals surface area contributed by atoms with Crippen LogP contribution in [0.5, 0.6) is 0 Å². The highest BCUT2D eigenvalue weighted by Gasteiger charge is 2.15. The van der Waals surface area contributed by atoms with Crippen LogP contribution in [0.25, 0.3) is 0 Å². The lowest BCUT2D eigenvalue weighted by Crippen LogP contribution is -2.32. The van der Waals surface area contributed by atoms with Crippen LogP contribution in [0, 0.1) is 17.0 Å². The van der Waals surface area contributed by atoms with Gasteiger partial charge in [0.25, 0.3) is 11.6 Å². The molecule has 0 aliphatic carbocycles. The van der Waals surface area contributed by atoms with Gasteiger partial charge in [0, 0.05) is 30.3 Å². The number of amides is 1. The normalized spacial score (nSPS) is 11.6. The van der Waals surface area contributed by atoms with Crippen molar-refractivity contribution in [3.63, 3.8) is 0 Å². The number of nitro groups is 1.